The van der Waals surface area contributed by atoms with Gasteiger partial charge in [0.1, 0.15) is 5.82 Å². The van der Waals surface area contributed by atoms with E-state index in [9.17, 15) is 0 Å². The first-order valence-electron chi connectivity index (χ1n) is 5.31. The van der Waals surface area contributed by atoms with E-state index in [1.807, 2.05) is 11.6 Å². The van der Waals surface area contributed by atoms with Crippen molar-refractivity contribution in [2.45, 2.75) is 44.4 Å². The van der Waals surface area contributed by atoms with Crippen LogP contribution in [0, 0.1) is 4.77 Å². The van der Waals surface area contributed by atoms with Crippen LogP contribution in [0.15, 0.2) is 0 Å². The van der Waals surface area contributed by atoms with E-state index in [-0.39, 0.29) is 0 Å². The molecule has 1 aliphatic rings. The Balaban J connectivity index is 2.46. The summed E-state index contributed by atoms with van der Waals surface area (Å²) in [5, 5.41) is 7.27. The summed E-state index contributed by atoms with van der Waals surface area (Å²) in [6, 6.07) is 0. The van der Waals surface area contributed by atoms with Gasteiger partial charge >= 0.3 is 0 Å². The lowest BCUT2D eigenvalue weighted by atomic mass is 9.82. The third kappa shape index (κ3) is 1.32. The number of hydrogen-bond acceptors (Lipinski definition) is 2. The molecule has 1 N–H and O–H groups in total. The van der Waals surface area contributed by atoms with E-state index in [1.165, 1.54) is 32.1 Å². The molecule has 0 saturated heterocycles. The molecule has 0 bridgehead atoms. The lowest BCUT2D eigenvalue weighted by Crippen LogP contribution is -2.25. The van der Waals surface area contributed by atoms with Crippen molar-refractivity contribution in [1.29, 1.82) is 0 Å². The average Bonchev–Trinajstić information content (AvgIpc) is 2.77. The van der Waals surface area contributed by atoms with Crippen LogP contribution < -0.4 is 0 Å². The molecule has 0 radical (unpaired) electrons. The van der Waals surface area contributed by atoms with Gasteiger partial charge in [-0.05, 0) is 31.5 Å². The third-order valence-electron chi connectivity index (χ3n) is 3.59. The Labute approximate surface area is 89.5 Å². The molecule has 2 rings (SSSR count). The number of hydrogen-bond donors (Lipinski definition) is 1. The second-order valence-electron chi connectivity index (χ2n) is 4.25. The Morgan fingerprint density at radius 1 is 1.50 bits per heavy atom. The van der Waals surface area contributed by atoms with Crippen LogP contribution in [0.3, 0.4) is 0 Å². The Kier molecular flexibility index (Phi) is 2.47. The SMILES string of the molecule is CCC1(c2n[nH]c(=S)n2C)CCCC1. The van der Waals surface area contributed by atoms with E-state index in [0.717, 1.165) is 10.6 Å². The molecule has 0 amide bonds. The summed E-state index contributed by atoms with van der Waals surface area (Å²) >= 11 is 5.15. The first kappa shape index (κ1) is 9.90. The minimum atomic E-state index is 0.294. The monoisotopic (exact) mass is 211 g/mol. The number of H-pyrrole nitrogens is 1. The van der Waals surface area contributed by atoms with Gasteiger partial charge in [-0.25, -0.2) is 0 Å². The molecule has 0 aliphatic heterocycles. The van der Waals surface area contributed by atoms with Crippen LogP contribution in [0.1, 0.15) is 44.9 Å². The number of aromatic amines is 1. The Hall–Kier alpha value is -0.640. The van der Waals surface area contributed by atoms with Gasteiger partial charge in [0, 0.05) is 12.5 Å². The highest BCUT2D eigenvalue weighted by Gasteiger charge is 2.37. The van der Waals surface area contributed by atoms with Gasteiger partial charge in [0.25, 0.3) is 0 Å². The van der Waals surface area contributed by atoms with Crippen LogP contribution in [0.4, 0.5) is 0 Å². The molecular weight excluding hydrogens is 194 g/mol. The van der Waals surface area contributed by atoms with Gasteiger partial charge in [0.15, 0.2) is 4.77 Å². The van der Waals surface area contributed by atoms with Crippen molar-refractivity contribution in [1.82, 2.24) is 14.8 Å². The predicted molar refractivity (Wildman–Crippen MR) is 58.8 cm³/mol. The molecule has 0 atom stereocenters. The first-order valence-corrected chi connectivity index (χ1v) is 5.72. The van der Waals surface area contributed by atoms with Crippen molar-refractivity contribution in [3.05, 3.63) is 10.6 Å². The lowest BCUT2D eigenvalue weighted by molar-refractivity contribution is 0.385. The van der Waals surface area contributed by atoms with Crippen molar-refractivity contribution < 1.29 is 0 Å². The van der Waals surface area contributed by atoms with Gasteiger partial charge in [-0.15, -0.1) is 0 Å². The molecule has 1 heterocycles. The highest BCUT2D eigenvalue weighted by molar-refractivity contribution is 7.71. The molecular formula is C10H17N3S. The Morgan fingerprint density at radius 3 is 2.57 bits per heavy atom. The number of aromatic nitrogens is 3. The summed E-state index contributed by atoms with van der Waals surface area (Å²) in [6.07, 6.45) is 6.34. The number of nitrogens with zero attached hydrogens (tertiary/aromatic N) is 2. The number of rotatable bonds is 2. The molecule has 0 spiro atoms. The molecule has 4 heteroatoms. The third-order valence-corrected chi connectivity index (χ3v) is 3.96. The summed E-state index contributed by atoms with van der Waals surface area (Å²) in [5.74, 6) is 1.16. The highest BCUT2D eigenvalue weighted by atomic mass is 32.1. The van der Waals surface area contributed by atoms with Gasteiger partial charge in [-0.3, -0.25) is 5.10 Å². The van der Waals surface area contributed by atoms with Gasteiger partial charge in [-0.2, -0.15) is 5.10 Å². The topological polar surface area (TPSA) is 33.6 Å². The molecule has 1 aliphatic carbocycles. The van der Waals surface area contributed by atoms with Crippen LogP contribution in [-0.2, 0) is 12.5 Å². The largest absolute Gasteiger partial charge is 0.307 e. The van der Waals surface area contributed by atoms with Crippen molar-refractivity contribution in [3.8, 4) is 0 Å². The minimum Gasteiger partial charge on any atom is -0.307 e. The fourth-order valence-electron chi connectivity index (χ4n) is 2.61. The van der Waals surface area contributed by atoms with Crippen LogP contribution in [0.2, 0.25) is 0 Å². The molecule has 0 aromatic carbocycles. The van der Waals surface area contributed by atoms with Crippen molar-refractivity contribution in [2.75, 3.05) is 0 Å². The van der Waals surface area contributed by atoms with Gasteiger partial charge in [0.2, 0.25) is 0 Å². The average molecular weight is 211 g/mol. The number of nitrogens with one attached hydrogen (secondary N) is 1. The van der Waals surface area contributed by atoms with Gasteiger partial charge in [-0.1, -0.05) is 19.8 Å². The van der Waals surface area contributed by atoms with E-state index in [0.29, 0.717) is 5.41 Å². The maximum atomic E-state index is 5.15. The van der Waals surface area contributed by atoms with Crippen LogP contribution in [0.5, 0.6) is 0 Å². The zero-order chi connectivity index (χ0) is 10.2. The second-order valence-corrected chi connectivity index (χ2v) is 4.64. The minimum absolute atomic E-state index is 0.294. The summed E-state index contributed by atoms with van der Waals surface area (Å²) in [5.41, 5.74) is 0.294. The molecule has 1 aromatic heterocycles. The predicted octanol–water partition coefficient (Wildman–Crippen LogP) is 2.70. The van der Waals surface area contributed by atoms with E-state index in [1.54, 1.807) is 0 Å². The van der Waals surface area contributed by atoms with E-state index in [2.05, 4.69) is 17.1 Å². The molecule has 14 heavy (non-hydrogen) atoms. The fourth-order valence-corrected chi connectivity index (χ4v) is 2.74. The van der Waals surface area contributed by atoms with Gasteiger partial charge < -0.3 is 4.57 Å². The van der Waals surface area contributed by atoms with Crippen LogP contribution in [0.25, 0.3) is 0 Å². The summed E-state index contributed by atoms with van der Waals surface area (Å²) < 4.78 is 2.77. The molecule has 3 nitrogen and oxygen atoms in total. The standard InChI is InChI=1S/C10H17N3S/c1-3-10(6-4-5-7-10)8-11-12-9(14)13(8)2/h3-7H2,1-2H3,(H,12,14). The van der Waals surface area contributed by atoms with Gasteiger partial charge in [0.05, 0.1) is 0 Å². The summed E-state index contributed by atoms with van der Waals surface area (Å²) in [4.78, 5) is 0. The quantitative estimate of drug-likeness (QED) is 0.763. The van der Waals surface area contributed by atoms with Crippen LogP contribution in [-0.4, -0.2) is 14.8 Å². The molecule has 78 valence electrons. The molecule has 1 aromatic rings. The maximum Gasteiger partial charge on any atom is 0.194 e. The van der Waals surface area contributed by atoms with Crippen molar-refractivity contribution in [2.24, 2.45) is 7.05 Å². The normalized spacial score (nSPS) is 20.1. The summed E-state index contributed by atoms with van der Waals surface area (Å²) in [7, 11) is 2.01. The van der Waals surface area contributed by atoms with E-state index < -0.39 is 0 Å². The Morgan fingerprint density at radius 2 is 2.14 bits per heavy atom. The molecule has 0 unspecified atom stereocenters. The fraction of sp³-hybridized carbons (Fsp3) is 0.800. The lowest BCUT2D eigenvalue weighted by Gasteiger charge is -2.25. The van der Waals surface area contributed by atoms with E-state index in [4.69, 9.17) is 12.2 Å². The van der Waals surface area contributed by atoms with Crippen molar-refractivity contribution in [3.63, 3.8) is 0 Å². The first-order chi connectivity index (χ1) is 6.69. The molecule has 1 fully saturated rings. The van der Waals surface area contributed by atoms with Crippen LogP contribution >= 0.6 is 12.2 Å². The zero-order valence-electron chi connectivity index (χ0n) is 8.84. The van der Waals surface area contributed by atoms with E-state index >= 15 is 0 Å². The Bertz CT molecular complexity index is 371. The second kappa shape index (κ2) is 3.50. The zero-order valence-corrected chi connectivity index (χ0v) is 9.65. The smallest absolute Gasteiger partial charge is 0.194 e. The molecule has 1 saturated carbocycles. The highest BCUT2D eigenvalue weighted by Crippen LogP contribution is 2.42. The summed E-state index contributed by atoms with van der Waals surface area (Å²) in [6.45, 7) is 2.25. The van der Waals surface area contributed by atoms with Crippen molar-refractivity contribution >= 4 is 12.2 Å². The maximum absolute atomic E-state index is 5.15.